The lowest BCUT2D eigenvalue weighted by molar-refractivity contribution is -0.151. The number of ether oxygens (including phenoxy) is 2. The minimum Gasteiger partial charge on any atom is -0.477 e. The van der Waals surface area contributed by atoms with Crippen LogP contribution in [0.1, 0.15) is 18.6 Å². The SMILES string of the molecule is COCc1noc(CC(=O)N[C@@H]2C(=O)N3C(C(=O)O)=C(COC(C)=O)CS[C@H]23)n1. The maximum absolute atomic E-state index is 12.5. The van der Waals surface area contributed by atoms with Crippen LogP contribution < -0.4 is 5.32 Å². The summed E-state index contributed by atoms with van der Waals surface area (Å²) in [4.78, 5) is 52.4. The van der Waals surface area contributed by atoms with Crippen molar-refractivity contribution >= 4 is 35.5 Å². The molecule has 3 heterocycles. The summed E-state index contributed by atoms with van der Waals surface area (Å²) in [5.41, 5.74) is 0.107. The van der Waals surface area contributed by atoms with Crippen LogP contribution in [0.15, 0.2) is 15.8 Å². The number of hydrogen-bond acceptors (Lipinski definition) is 10. The minimum atomic E-state index is -1.30. The van der Waals surface area contributed by atoms with Crippen molar-refractivity contribution in [3.8, 4) is 0 Å². The molecule has 13 heteroatoms. The molecule has 0 spiro atoms. The van der Waals surface area contributed by atoms with Crippen molar-refractivity contribution in [2.75, 3.05) is 19.5 Å². The van der Waals surface area contributed by atoms with E-state index in [0.29, 0.717) is 11.4 Å². The Hall–Kier alpha value is -2.93. The molecule has 2 N–H and O–H groups in total. The molecule has 0 saturated carbocycles. The molecule has 2 amide bonds. The summed E-state index contributed by atoms with van der Waals surface area (Å²) in [6.07, 6.45) is -0.225. The molecule has 1 aromatic heterocycles. The highest BCUT2D eigenvalue weighted by Crippen LogP contribution is 2.40. The molecule has 0 bridgehead atoms. The summed E-state index contributed by atoms with van der Waals surface area (Å²) >= 11 is 1.27. The van der Waals surface area contributed by atoms with Crippen molar-refractivity contribution in [2.24, 2.45) is 0 Å². The molecule has 0 unspecified atom stereocenters. The van der Waals surface area contributed by atoms with Crippen LogP contribution in [0, 0.1) is 0 Å². The fourth-order valence-corrected chi connectivity index (χ4v) is 4.22. The first-order chi connectivity index (χ1) is 13.8. The van der Waals surface area contributed by atoms with Crippen molar-refractivity contribution in [1.29, 1.82) is 0 Å². The van der Waals surface area contributed by atoms with Gasteiger partial charge in [0.15, 0.2) is 5.82 Å². The first-order valence-corrected chi connectivity index (χ1v) is 9.49. The van der Waals surface area contributed by atoms with Crippen molar-refractivity contribution in [3.63, 3.8) is 0 Å². The third-order valence-corrected chi connectivity index (χ3v) is 5.45. The number of fused-ring (bicyclic) bond motifs is 1. The second-order valence-electron chi connectivity index (χ2n) is 6.21. The number of carbonyl (C=O) groups is 4. The van der Waals surface area contributed by atoms with Crippen LogP contribution in [0.25, 0.3) is 0 Å². The number of amides is 2. The van der Waals surface area contributed by atoms with E-state index in [2.05, 4.69) is 15.5 Å². The van der Waals surface area contributed by atoms with Crippen molar-refractivity contribution in [1.82, 2.24) is 20.4 Å². The Morgan fingerprint density at radius 1 is 1.38 bits per heavy atom. The van der Waals surface area contributed by atoms with E-state index < -0.39 is 35.2 Å². The highest BCUT2D eigenvalue weighted by Gasteiger charge is 2.54. The second-order valence-corrected chi connectivity index (χ2v) is 7.31. The minimum absolute atomic E-state index is 0.0734. The van der Waals surface area contributed by atoms with Gasteiger partial charge in [0, 0.05) is 25.4 Å². The third kappa shape index (κ3) is 4.40. The van der Waals surface area contributed by atoms with Crippen LogP contribution in [0.4, 0.5) is 0 Å². The van der Waals surface area contributed by atoms with Crippen molar-refractivity contribution in [2.45, 2.75) is 31.4 Å². The maximum atomic E-state index is 12.5. The Morgan fingerprint density at radius 3 is 2.79 bits per heavy atom. The number of rotatable bonds is 8. The number of carboxylic acid groups (broad SMARTS) is 1. The summed E-state index contributed by atoms with van der Waals surface area (Å²) in [5.74, 6) is -2.30. The molecule has 2 aliphatic rings. The van der Waals surface area contributed by atoms with Crippen molar-refractivity contribution in [3.05, 3.63) is 23.0 Å². The first-order valence-electron chi connectivity index (χ1n) is 8.45. The highest BCUT2D eigenvalue weighted by atomic mass is 32.2. The van der Waals surface area contributed by atoms with Gasteiger partial charge in [0.25, 0.3) is 5.91 Å². The predicted octanol–water partition coefficient (Wildman–Crippen LogP) is -0.940. The number of esters is 1. The molecule has 1 aromatic rings. The number of nitrogens with zero attached hydrogens (tertiary/aromatic N) is 3. The van der Waals surface area contributed by atoms with Gasteiger partial charge in [0.1, 0.15) is 36.7 Å². The van der Waals surface area contributed by atoms with Crippen LogP contribution in [0.2, 0.25) is 0 Å². The number of thioether (sulfide) groups is 1. The van der Waals surface area contributed by atoms with Crippen LogP contribution >= 0.6 is 11.8 Å². The Balaban J connectivity index is 1.64. The fraction of sp³-hybridized carbons (Fsp3) is 0.500. The van der Waals surface area contributed by atoms with Crippen LogP contribution in [0.3, 0.4) is 0 Å². The van der Waals surface area contributed by atoms with Crippen LogP contribution in [0.5, 0.6) is 0 Å². The van der Waals surface area contributed by atoms with Crippen molar-refractivity contribution < 1.29 is 38.3 Å². The van der Waals surface area contributed by atoms with Gasteiger partial charge < -0.3 is 24.4 Å². The average Bonchev–Trinajstić information content (AvgIpc) is 3.10. The summed E-state index contributed by atoms with van der Waals surface area (Å²) in [7, 11) is 1.47. The summed E-state index contributed by atoms with van der Waals surface area (Å²) in [5, 5.41) is 15.1. The Kier molecular flexibility index (Phi) is 6.17. The first kappa shape index (κ1) is 20.8. The molecule has 0 radical (unpaired) electrons. The van der Waals surface area contributed by atoms with Crippen LogP contribution in [-0.4, -0.2) is 74.8 Å². The van der Waals surface area contributed by atoms with Gasteiger partial charge in [-0.1, -0.05) is 5.16 Å². The van der Waals surface area contributed by atoms with Gasteiger partial charge in [0.05, 0.1) is 0 Å². The molecular formula is C16H18N4O8S. The molecule has 2 atom stereocenters. The molecular weight excluding hydrogens is 408 g/mol. The van der Waals surface area contributed by atoms with Gasteiger partial charge in [-0.3, -0.25) is 19.3 Å². The maximum Gasteiger partial charge on any atom is 0.352 e. The Morgan fingerprint density at radius 2 is 2.14 bits per heavy atom. The monoisotopic (exact) mass is 426 g/mol. The molecule has 29 heavy (non-hydrogen) atoms. The molecule has 156 valence electrons. The van der Waals surface area contributed by atoms with Gasteiger partial charge in [-0.2, -0.15) is 4.98 Å². The lowest BCUT2D eigenvalue weighted by atomic mass is 10.0. The van der Waals surface area contributed by atoms with E-state index in [9.17, 15) is 24.3 Å². The topological polar surface area (TPSA) is 161 Å². The van der Waals surface area contributed by atoms with E-state index >= 15 is 0 Å². The number of carbonyl (C=O) groups excluding carboxylic acids is 3. The largest absolute Gasteiger partial charge is 0.477 e. The molecule has 0 aromatic carbocycles. The summed E-state index contributed by atoms with van der Waals surface area (Å²) in [6.45, 7) is 1.14. The Bertz CT molecular complexity index is 882. The quantitative estimate of drug-likeness (QED) is 0.390. The zero-order valence-electron chi connectivity index (χ0n) is 15.5. The third-order valence-electron chi connectivity index (χ3n) is 4.11. The normalized spacial score (nSPS) is 20.8. The number of β-lactam (4-membered cyclic amide) rings is 1. The molecule has 3 rings (SSSR count). The Labute approximate surface area is 168 Å². The molecule has 0 aliphatic carbocycles. The summed E-state index contributed by atoms with van der Waals surface area (Å²) < 4.78 is 14.7. The standard InChI is InChI=1S/C16H18N4O8S/c1-7(21)27-4-8-6-29-15-12(14(23)20(15)13(8)16(24)25)18-10(22)3-11-17-9(5-26-2)19-28-11/h12,15H,3-6H2,1-2H3,(H,18,22)(H,24,25)/t12-,15-/m1/s1. The van der Waals surface area contributed by atoms with Gasteiger partial charge in [-0.05, 0) is 0 Å². The molecule has 12 nitrogen and oxygen atoms in total. The number of hydrogen-bond donors (Lipinski definition) is 2. The van der Waals surface area contributed by atoms with E-state index in [1.165, 1.54) is 25.8 Å². The number of aliphatic carboxylic acids is 1. The zero-order chi connectivity index (χ0) is 21.1. The smallest absolute Gasteiger partial charge is 0.352 e. The zero-order valence-corrected chi connectivity index (χ0v) is 16.4. The summed E-state index contributed by atoms with van der Waals surface area (Å²) in [6, 6.07) is -0.876. The van der Waals surface area contributed by atoms with Gasteiger partial charge in [-0.15, -0.1) is 11.8 Å². The van der Waals surface area contributed by atoms with Crippen LogP contribution in [-0.2, 0) is 41.7 Å². The molecule has 1 fully saturated rings. The molecule has 2 aliphatic heterocycles. The number of carboxylic acids is 1. The number of methoxy groups -OCH3 is 1. The van der Waals surface area contributed by atoms with E-state index in [1.807, 2.05) is 0 Å². The van der Waals surface area contributed by atoms with E-state index in [4.69, 9.17) is 14.0 Å². The highest BCUT2D eigenvalue weighted by molar-refractivity contribution is 8.00. The van der Waals surface area contributed by atoms with Gasteiger partial charge in [-0.25, -0.2) is 4.79 Å². The lowest BCUT2D eigenvalue weighted by Gasteiger charge is -2.49. The van der Waals surface area contributed by atoms with E-state index in [0.717, 1.165) is 4.90 Å². The number of aromatic nitrogens is 2. The predicted molar refractivity (Wildman–Crippen MR) is 95.0 cm³/mol. The van der Waals surface area contributed by atoms with Gasteiger partial charge >= 0.3 is 11.9 Å². The van der Waals surface area contributed by atoms with Gasteiger partial charge in [0.2, 0.25) is 11.8 Å². The van der Waals surface area contributed by atoms with E-state index in [1.54, 1.807) is 0 Å². The van der Waals surface area contributed by atoms with E-state index in [-0.39, 0.29) is 37.0 Å². The average molecular weight is 426 g/mol. The lowest BCUT2D eigenvalue weighted by Crippen LogP contribution is -2.70. The molecule has 1 saturated heterocycles. The second kappa shape index (κ2) is 8.61. The fourth-order valence-electron chi connectivity index (χ4n) is 2.89. The number of nitrogens with one attached hydrogen (secondary N) is 1.